The van der Waals surface area contributed by atoms with Crippen LogP contribution >= 0.6 is 0 Å². The maximum atomic E-state index is 12.2. The van der Waals surface area contributed by atoms with Crippen molar-refractivity contribution in [3.63, 3.8) is 0 Å². The van der Waals surface area contributed by atoms with Gasteiger partial charge < -0.3 is 10.1 Å². The van der Waals surface area contributed by atoms with E-state index in [9.17, 15) is 4.79 Å². The molecule has 3 rings (SSSR count). The highest BCUT2D eigenvalue weighted by Gasteiger charge is 2.32. The molecule has 0 bridgehead atoms. The van der Waals surface area contributed by atoms with Crippen LogP contribution in [0.3, 0.4) is 0 Å². The second-order valence-electron chi connectivity index (χ2n) is 9.57. The van der Waals surface area contributed by atoms with Crippen molar-refractivity contribution < 1.29 is 9.53 Å². The number of hydrogen-bond donors (Lipinski definition) is 1. The molecule has 2 aromatic rings. The molecule has 0 aliphatic heterocycles. The second-order valence-corrected chi connectivity index (χ2v) is 9.57. The number of nitrogens with zero attached hydrogens (tertiary/aromatic N) is 1. The Bertz CT molecular complexity index is 744. The van der Waals surface area contributed by atoms with Crippen molar-refractivity contribution in [3.8, 4) is 0 Å². The molecule has 0 aromatic heterocycles. The van der Waals surface area contributed by atoms with Gasteiger partial charge in [-0.1, -0.05) is 67.6 Å². The Morgan fingerprint density at radius 1 is 0.967 bits per heavy atom. The summed E-state index contributed by atoms with van der Waals surface area (Å²) in [4.78, 5) is 14.8. The average Bonchev–Trinajstić information content (AvgIpc) is 2.69. The minimum Gasteiger partial charge on any atom is -0.444 e. The average molecular weight is 409 g/mol. The van der Waals surface area contributed by atoms with Gasteiger partial charge in [-0.05, 0) is 57.1 Å². The number of nitrogens with one attached hydrogen (secondary N) is 1. The lowest BCUT2D eigenvalue weighted by atomic mass is 9.81. The van der Waals surface area contributed by atoms with Crippen LogP contribution in [0.5, 0.6) is 0 Å². The highest BCUT2D eigenvalue weighted by Crippen LogP contribution is 2.30. The van der Waals surface area contributed by atoms with E-state index in [0.29, 0.717) is 12.0 Å². The first-order chi connectivity index (χ1) is 14.3. The zero-order valence-corrected chi connectivity index (χ0v) is 18.8. The molecule has 1 aliphatic rings. The summed E-state index contributed by atoms with van der Waals surface area (Å²) in [5.74, 6) is 0.408. The summed E-state index contributed by atoms with van der Waals surface area (Å²) in [5, 5.41) is 3.10. The third-order valence-corrected chi connectivity index (χ3v) is 5.82. The van der Waals surface area contributed by atoms with Gasteiger partial charge in [0.2, 0.25) is 0 Å². The fourth-order valence-corrected chi connectivity index (χ4v) is 4.32. The molecular weight excluding hydrogens is 372 g/mol. The molecule has 0 unspecified atom stereocenters. The highest BCUT2D eigenvalue weighted by atomic mass is 16.6. The Balaban J connectivity index is 1.65. The van der Waals surface area contributed by atoms with Gasteiger partial charge in [0.05, 0.1) is 0 Å². The number of rotatable bonds is 6. The van der Waals surface area contributed by atoms with E-state index in [2.05, 4.69) is 77.8 Å². The van der Waals surface area contributed by atoms with Crippen LogP contribution in [0.4, 0.5) is 4.79 Å². The maximum Gasteiger partial charge on any atom is 0.407 e. The van der Waals surface area contributed by atoms with Gasteiger partial charge in [-0.2, -0.15) is 0 Å². The molecule has 1 aliphatic carbocycles. The molecule has 2 aromatic carbocycles. The van der Waals surface area contributed by atoms with Crippen molar-refractivity contribution in [3.05, 3.63) is 71.8 Å². The number of alkyl carbamates (subject to hydrolysis) is 1. The zero-order valence-electron chi connectivity index (χ0n) is 18.8. The van der Waals surface area contributed by atoms with E-state index in [1.165, 1.54) is 11.1 Å². The Labute approximate surface area is 181 Å². The quantitative estimate of drug-likeness (QED) is 0.660. The van der Waals surface area contributed by atoms with Crippen molar-refractivity contribution in [2.75, 3.05) is 0 Å². The van der Waals surface area contributed by atoms with Crippen molar-refractivity contribution in [1.82, 2.24) is 10.2 Å². The first-order valence-electron chi connectivity index (χ1n) is 11.1. The summed E-state index contributed by atoms with van der Waals surface area (Å²) in [6.07, 6.45) is 2.82. The van der Waals surface area contributed by atoms with E-state index in [1.54, 1.807) is 0 Å². The van der Waals surface area contributed by atoms with E-state index in [4.69, 9.17) is 4.74 Å². The Kier molecular flexibility index (Phi) is 7.54. The van der Waals surface area contributed by atoms with E-state index < -0.39 is 5.60 Å². The molecule has 4 nitrogen and oxygen atoms in total. The van der Waals surface area contributed by atoms with Crippen molar-refractivity contribution >= 4 is 6.09 Å². The summed E-state index contributed by atoms with van der Waals surface area (Å²) >= 11 is 0. The van der Waals surface area contributed by atoms with E-state index >= 15 is 0 Å². The number of benzene rings is 2. The highest BCUT2D eigenvalue weighted by molar-refractivity contribution is 5.68. The monoisotopic (exact) mass is 408 g/mol. The summed E-state index contributed by atoms with van der Waals surface area (Å²) in [6, 6.07) is 22.1. The topological polar surface area (TPSA) is 41.6 Å². The minimum absolute atomic E-state index is 0.173. The molecule has 3 atom stereocenters. The standard InChI is InChI=1S/C26H36N2O2/c1-20-17-23(15-16-24(20)27-25(29)30-26(2,3)4)28(18-21-11-7-5-8-12-21)19-22-13-9-6-10-14-22/h5-14,20,23-24H,15-19H2,1-4H3,(H,27,29)/t20-,23-,24-/m1/s1. The number of carbonyl (C=O) groups is 1. The molecule has 1 N–H and O–H groups in total. The van der Waals surface area contributed by atoms with Crippen LogP contribution in [-0.2, 0) is 17.8 Å². The SMILES string of the molecule is C[C@@H]1C[C@H](N(Cc2ccccc2)Cc2ccccc2)CC[C@H]1NC(=O)OC(C)(C)C. The van der Waals surface area contributed by atoms with Crippen LogP contribution in [0, 0.1) is 5.92 Å². The van der Waals surface area contributed by atoms with Gasteiger partial charge in [0, 0.05) is 25.2 Å². The lowest BCUT2D eigenvalue weighted by Crippen LogP contribution is -2.48. The van der Waals surface area contributed by atoms with Gasteiger partial charge in [-0.25, -0.2) is 4.79 Å². The molecule has 0 heterocycles. The molecule has 0 saturated heterocycles. The molecular formula is C26H36N2O2. The summed E-state index contributed by atoms with van der Waals surface area (Å²) < 4.78 is 5.46. The first-order valence-corrected chi connectivity index (χ1v) is 11.1. The summed E-state index contributed by atoms with van der Waals surface area (Å²) in [5.41, 5.74) is 2.22. The summed E-state index contributed by atoms with van der Waals surface area (Å²) in [6.45, 7) is 9.83. The summed E-state index contributed by atoms with van der Waals surface area (Å²) in [7, 11) is 0. The minimum atomic E-state index is -0.466. The molecule has 4 heteroatoms. The molecule has 0 radical (unpaired) electrons. The van der Waals surface area contributed by atoms with Crippen molar-refractivity contribution in [2.24, 2.45) is 5.92 Å². The second kappa shape index (κ2) is 10.1. The van der Waals surface area contributed by atoms with Gasteiger partial charge in [-0.3, -0.25) is 4.90 Å². The van der Waals surface area contributed by atoms with E-state index in [1.807, 2.05) is 20.8 Å². The van der Waals surface area contributed by atoms with Gasteiger partial charge in [-0.15, -0.1) is 0 Å². The predicted molar refractivity (Wildman–Crippen MR) is 122 cm³/mol. The zero-order chi connectivity index (χ0) is 21.6. The van der Waals surface area contributed by atoms with Gasteiger partial charge in [0.25, 0.3) is 0 Å². The third-order valence-electron chi connectivity index (χ3n) is 5.82. The van der Waals surface area contributed by atoms with Crippen LogP contribution in [-0.4, -0.2) is 28.7 Å². The van der Waals surface area contributed by atoms with E-state index in [0.717, 1.165) is 32.4 Å². The largest absolute Gasteiger partial charge is 0.444 e. The predicted octanol–water partition coefficient (Wildman–Crippen LogP) is 5.77. The molecule has 162 valence electrons. The number of carbonyl (C=O) groups excluding carboxylic acids is 1. The first kappa shape index (κ1) is 22.4. The normalized spacial score (nSPS) is 22.0. The smallest absolute Gasteiger partial charge is 0.407 e. The molecule has 30 heavy (non-hydrogen) atoms. The molecule has 1 amide bonds. The van der Waals surface area contributed by atoms with Crippen molar-refractivity contribution in [1.29, 1.82) is 0 Å². The van der Waals surface area contributed by atoms with Gasteiger partial charge >= 0.3 is 6.09 Å². The van der Waals surface area contributed by atoms with Crippen LogP contribution < -0.4 is 5.32 Å². The Morgan fingerprint density at radius 3 is 1.97 bits per heavy atom. The Hall–Kier alpha value is -2.33. The van der Waals surface area contributed by atoms with E-state index in [-0.39, 0.29) is 12.1 Å². The van der Waals surface area contributed by atoms with Crippen molar-refractivity contribution in [2.45, 2.75) is 77.7 Å². The molecule has 1 fully saturated rings. The van der Waals surface area contributed by atoms with Gasteiger partial charge in [0.1, 0.15) is 5.60 Å². The molecule has 0 spiro atoms. The number of hydrogen-bond acceptors (Lipinski definition) is 3. The van der Waals surface area contributed by atoms with Crippen LogP contribution in [0.2, 0.25) is 0 Å². The lowest BCUT2D eigenvalue weighted by molar-refractivity contribution is 0.0429. The van der Waals surface area contributed by atoms with Gasteiger partial charge in [0.15, 0.2) is 0 Å². The third kappa shape index (κ3) is 6.88. The molecule has 1 saturated carbocycles. The Morgan fingerprint density at radius 2 is 1.50 bits per heavy atom. The fourth-order valence-electron chi connectivity index (χ4n) is 4.32. The van der Waals surface area contributed by atoms with Crippen LogP contribution in [0.15, 0.2) is 60.7 Å². The lowest BCUT2D eigenvalue weighted by Gasteiger charge is -2.40. The fraction of sp³-hybridized carbons (Fsp3) is 0.500. The van der Waals surface area contributed by atoms with Crippen LogP contribution in [0.25, 0.3) is 0 Å². The maximum absolute atomic E-state index is 12.2. The number of amides is 1. The number of ether oxygens (including phenoxy) is 1. The van der Waals surface area contributed by atoms with Crippen LogP contribution in [0.1, 0.15) is 58.1 Å².